The van der Waals surface area contributed by atoms with Crippen molar-refractivity contribution >= 4 is 39.9 Å². The van der Waals surface area contributed by atoms with Crippen LogP contribution in [0.5, 0.6) is 0 Å². The average molecular weight is 410 g/mol. The minimum absolute atomic E-state index is 0.177. The van der Waals surface area contributed by atoms with Crippen molar-refractivity contribution in [1.29, 1.82) is 0 Å². The largest absolute Gasteiger partial charge is 0.335 e. The molecule has 2 aliphatic rings. The molecular formula is C21H20ClN5O2. The summed E-state index contributed by atoms with van der Waals surface area (Å²) in [6.07, 6.45) is 6.04. The standard InChI is InChI=1S/C21H20ClN5O2/c1-12-10-15(25-18-16-13(22)6-5-7-14(16)23-11-24-18)20(29)27-17(12)19(28)26-21(27)8-3-2-4-9-21/h5-7,10-11H,2-4,8-9H2,1H3,(H,26,28)(H,23,24,25). The molecule has 0 saturated heterocycles. The molecule has 3 aromatic rings. The zero-order valence-corrected chi connectivity index (χ0v) is 16.7. The quantitative estimate of drug-likeness (QED) is 0.671. The molecule has 0 atom stereocenters. The fraction of sp³-hybridized carbons (Fsp3) is 0.333. The maximum absolute atomic E-state index is 13.5. The summed E-state index contributed by atoms with van der Waals surface area (Å²) in [6.45, 7) is 1.85. The molecule has 7 nitrogen and oxygen atoms in total. The van der Waals surface area contributed by atoms with Gasteiger partial charge in [0, 0.05) is 0 Å². The van der Waals surface area contributed by atoms with Crippen molar-refractivity contribution in [3.05, 3.63) is 57.2 Å². The van der Waals surface area contributed by atoms with Crippen molar-refractivity contribution in [2.24, 2.45) is 0 Å². The van der Waals surface area contributed by atoms with E-state index in [9.17, 15) is 9.59 Å². The van der Waals surface area contributed by atoms with Crippen LogP contribution < -0.4 is 16.2 Å². The van der Waals surface area contributed by atoms with Crippen molar-refractivity contribution in [1.82, 2.24) is 19.9 Å². The van der Waals surface area contributed by atoms with Gasteiger partial charge in [-0.1, -0.05) is 24.1 Å². The number of hydrogen-bond acceptors (Lipinski definition) is 5. The van der Waals surface area contributed by atoms with Crippen LogP contribution in [0.4, 0.5) is 11.5 Å². The molecule has 1 saturated carbocycles. The van der Waals surface area contributed by atoms with Crippen LogP contribution in [-0.4, -0.2) is 20.4 Å². The molecule has 2 N–H and O–H groups in total. The van der Waals surface area contributed by atoms with Crippen molar-refractivity contribution in [2.75, 3.05) is 5.32 Å². The van der Waals surface area contributed by atoms with Crippen LogP contribution in [0.15, 0.2) is 35.4 Å². The Kier molecular flexibility index (Phi) is 4.10. The number of halogens is 1. The highest BCUT2D eigenvalue weighted by Gasteiger charge is 2.45. The van der Waals surface area contributed by atoms with Crippen molar-refractivity contribution in [3.63, 3.8) is 0 Å². The van der Waals surface area contributed by atoms with E-state index in [2.05, 4.69) is 20.6 Å². The first-order valence-electron chi connectivity index (χ1n) is 9.76. The molecule has 0 unspecified atom stereocenters. The van der Waals surface area contributed by atoms with Crippen LogP contribution in [0.3, 0.4) is 0 Å². The van der Waals surface area contributed by atoms with E-state index in [4.69, 9.17) is 11.6 Å². The summed E-state index contributed by atoms with van der Waals surface area (Å²) in [4.78, 5) is 34.7. The first-order chi connectivity index (χ1) is 14.0. The number of rotatable bonds is 2. The van der Waals surface area contributed by atoms with Gasteiger partial charge in [-0.05, 0) is 56.4 Å². The number of aryl methyl sites for hydroxylation is 1. The molecule has 29 heavy (non-hydrogen) atoms. The Bertz CT molecular complexity index is 1210. The van der Waals surface area contributed by atoms with Gasteiger partial charge >= 0.3 is 0 Å². The third-order valence-electron chi connectivity index (χ3n) is 5.93. The molecule has 1 spiro atoms. The van der Waals surface area contributed by atoms with Crippen LogP contribution in [0, 0.1) is 6.92 Å². The summed E-state index contributed by atoms with van der Waals surface area (Å²) >= 11 is 6.37. The van der Waals surface area contributed by atoms with Crippen LogP contribution in [0.2, 0.25) is 5.02 Å². The zero-order valence-electron chi connectivity index (χ0n) is 16.0. The Morgan fingerprint density at radius 1 is 1.17 bits per heavy atom. The lowest BCUT2D eigenvalue weighted by Crippen LogP contribution is -2.48. The summed E-state index contributed by atoms with van der Waals surface area (Å²) in [7, 11) is 0. The van der Waals surface area contributed by atoms with Gasteiger partial charge in [0.2, 0.25) is 0 Å². The number of pyridine rings is 1. The van der Waals surface area contributed by atoms with Crippen molar-refractivity contribution in [2.45, 2.75) is 44.7 Å². The number of anilines is 2. The minimum Gasteiger partial charge on any atom is -0.335 e. The lowest BCUT2D eigenvalue weighted by Gasteiger charge is -2.35. The fourth-order valence-corrected chi connectivity index (χ4v) is 4.88. The summed E-state index contributed by atoms with van der Waals surface area (Å²) in [5.41, 5.74) is 1.39. The summed E-state index contributed by atoms with van der Waals surface area (Å²) in [5.74, 6) is 0.288. The maximum atomic E-state index is 13.5. The Hall–Kier alpha value is -2.93. The molecule has 148 valence electrons. The van der Waals surface area contributed by atoms with E-state index in [0.29, 0.717) is 33.1 Å². The topological polar surface area (TPSA) is 88.9 Å². The average Bonchev–Trinajstić information content (AvgIpc) is 2.98. The van der Waals surface area contributed by atoms with Gasteiger partial charge in [-0.15, -0.1) is 0 Å². The van der Waals surface area contributed by atoms with Gasteiger partial charge in [-0.25, -0.2) is 9.97 Å². The van der Waals surface area contributed by atoms with E-state index in [1.54, 1.807) is 16.7 Å². The van der Waals surface area contributed by atoms with Crippen molar-refractivity contribution in [3.8, 4) is 0 Å². The van der Waals surface area contributed by atoms with E-state index < -0.39 is 5.66 Å². The van der Waals surface area contributed by atoms with Gasteiger partial charge in [0.25, 0.3) is 11.5 Å². The van der Waals surface area contributed by atoms with Crippen LogP contribution in [0.25, 0.3) is 10.9 Å². The number of hydrogen-bond donors (Lipinski definition) is 2. The zero-order chi connectivity index (χ0) is 20.2. The number of aromatic nitrogens is 3. The molecule has 1 aliphatic carbocycles. The summed E-state index contributed by atoms with van der Waals surface area (Å²) in [6, 6.07) is 7.13. The number of nitrogens with one attached hydrogen (secondary N) is 2. The molecule has 8 heteroatoms. The van der Waals surface area contributed by atoms with Crippen LogP contribution >= 0.6 is 11.6 Å². The minimum atomic E-state index is -0.629. The number of carbonyl (C=O) groups excluding carboxylic acids is 1. The molecule has 1 amide bonds. The molecule has 0 radical (unpaired) electrons. The third-order valence-corrected chi connectivity index (χ3v) is 6.24. The molecule has 5 rings (SSSR count). The normalized spacial score (nSPS) is 17.4. The number of carbonyl (C=O) groups is 1. The monoisotopic (exact) mass is 409 g/mol. The second-order valence-electron chi connectivity index (χ2n) is 7.76. The molecule has 0 bridgehead atoms. The number of nitrogens with zero attached hydrogens (tertiary/aromatic N) is 3. The highest BCUT2D eigenvalue weighted by molar-refractivity contribution is 6.36. The Balaban J connectivity index is 1.68. The van der Waals surface area contributed by atoms with Gasteiger partial charge in [-0.3, -0.25) is 14.2 Å². The van der Waals surface area contributed by atoms with E-state index in [1.807, 2.05) is 19.1 Å². The Labute approximate surface area is 172 Å². The summed E-state index contributed by atoms with van der Waals surface area (Å²) < 4.78 is 1.66. The van der Waals surface area contributed by atoms with E-state index in [0.717, 1.165) is 37.7 Å². The highest BCUT2D eigenvalue weighted by Crippen LogP contribution is 2.38. The highest BCUT2D eigenvalue weighted by atomic mass is 35.5. The molecule has 1 fully saturated rings. The molecule has 3 heterocycles. The van der Waals surface area contributed by atoms with Gasteiger partial charge in [-0.2, -0.15) is 0 Å². The lowest BCUT2D eigenvalue weighted by atomic mass is 9.89. The molecule has 1 aliphatic heterocycles. The van der Waals surface area contributed by atoms with Crippen LogP contribution in [-0.2, 0) is 5.66 Å². The predicted molar refractivity (Wildman–Crippen MR) is 112 cm³/mol. The van der Waals surface area contributed by atoms with Crippen molar-refractivity contribution < 1.29 is 4.79 Å². The smallest absolute Gasteiger partial charge is 0.276 e. The number of amides is 1. The predicted octanol–water partition coefficient (Wildman–Crippen LogP) is 3.86. The number of benzene rings is 1. The second-order valence-corrected chi connectivity index (χ2v) is 8.17. The van der Waals surface area contributed by atoms with Crippen LogP contribution in [0.1, 0.15) is 48.2 Å². The Morgan fingerprint density at radius 3 is 2.76 bits per heavy atom. The lowest BCUT2D eigenvalue weighted by molar-refractivity contribution is 0.0876. The first-order valence-corrected chi connectivity index (χ1v) is 10.1. The third kappa shape index (κ3) is 2.72. The Morgan fingerprint density at radius 2 is 1.97 bits per heavy atom. The second kappa shape index (κ2) is 6.56. The van der Waals surface area contributed by atoms with E-state index in [1.165, 1.54) is 6.33 Å². The van der Waals surface area contributed by atoms with Gasteiger partial charge in [0.1, 0.15) is 29.2 Å². The molecule has 1 aromatic carbocycles. The van der Waals surface area contributed by atoms with Gasteiger partial charge < -0.3 is 10.6 Å². The number of fused-ring (bicyclic) bond motifs is 3. The van der Waals surface area contributed by atoms with E-state index >= 15 is 0 Å². The molecule has 2 aromatic heterocycles. The maximum Gasteiger partial charge on any atom is 0.276 e. The van der Waals surface area contributed by atoms with Gasteiger partial charge in [0.15, 0.2) is 0 Å². The van der Waals surface area contributed by atoms with Gasteiger partial charge in [0.05, 0.1) is 15.9 Å². The summed E-state index contributed by atoms with van der Waals surface area (Å²) in [5, 5.41) is 7.41. The SMILES string of the molecule is Cc1cc(Nc2ncnc3cccc(Cl)c23)c(=O)n2c1C(=O)NC21CCCCC1. The molecular weight excluding hydrogens is 390 g/mol. The fourth-order valence-electron chi connectivity index (χ4n) is 4.63. The van der Waals surface area contributed by atoms with E-state index in [-0.39, 0.29) is 11.5 Å². The first kappa shape index (κ1) is 18.1.